The molecule has 2 aliphatic rings. The van der Waals surface area contributed by atoms with Gasteiger partial charge in [0.2, 0.25) is 0 Å². The number of carbonyl (C=O) groups is 3. The highest BCUT2D eigenvalue weighted by Gasteiger charge is 2.44. The molecule has 8 heteroatoms. The van der Waals surface area contributed by atoms with Crippen LogP contribution in [0, 0.1) is 5.92 Å². The van der Waals surface area contributed by atoms with E-state index in [2.05, 4.69) is 17.4 Å². The molecule has 2 unspecified atom stereocenters. The summed E-state index contributed by atoms with van der Waals surface area (Å²) in [6.45, 7) is 2.44. The van der Waals surface area contributed by atoms with Gasteiger partial charge in [-0.1, -0.05) is 55.5 Å². The predicted octanol–water partition coefficient (Wildman–Crippen LogP) is 3.64. The number of piperidine rings is 1. The van der Waals surface area contributed by atoms with E-state index in [-0.39, 0.29) is 38.0 Å². The van der Waals surface area contributed by atoms with Crippen LogP contribution in [0.1, 0.15) is 43.2 Å². The van der Waals surface area contributed by atoms with E-state index in [1.807, 2.05) is 36.4 Å². The Kier molecular flexibility index (Phi) is 7.40. The number of hydrogen-bond donors (Lipinski definition) is 2. The minimum atomic E-state index is -1.34. The van der Waals surface area contributed by atoms with E-state index >= 15 is 0 Å². The molecule has 0 saturated carbocycles. The number of fused-ring (bicyclic) bond motifs is 3. The lowest BCUT2D eigenvalue weighted by molar-refractivity contribution is -0.149. The Balaban J connectivity index is 1.48. The van der Waals surface area contributed by atoms with Crippen LogP contribution in [0.5, 0.6) is 0 Å². The zero-order chi connectivity index (χ0) is 25.0. The van der Waals surface area contributed by atoms with Gasteiger partial charge >= 0.3 is 12.1 Å². The fraction of sp³-hybridized carbons (Fsp3) is 0.444. The lowest BCUT2D eigenvalue weighted by Gasteiger charge is -2.39. The molecule has 2 amide bonds. The van der Waals surface area contributed by atoms with Crippen molar-refractivity contribution in [3.05, 3.63) is 59.7 Å². The lowest BCUT2D eigenvalue weighted by atomic mass is 9.91. The van der Waals surface area contributed by atoms with Crippen LogP contribution in [0.2, 0.25) is 0 Å². The molecule has 0 bridgehead atoms. The van der Waals surface area contributed by atoms with Gasteiger partial charge in [0.25, 0.3) is 5.91 Å². The number of carbonyl (C=O) groups excluding carboxylic acids is 2. The van der Waals surface area contributed by atoms with Crippen LogP contribution >= 0.6 is 0 Å². The van der Waals surface area contributed by atoms with Gasteiger partial charge in [-0.05, 0) is 41.5 Å². The van der Waals surface area contributed by atoms with Crippen LogP contribution in [0.3, 0.4) is 0 Å². The van der Waals surface area contributed by atoms with Crippen molar-refractivity contribution in [2.45, 2.75) is 37.6 Å². The molecule has 0 radical (unpaired) electrons. The van der Waals surface area contributed by atoms with Crippen molar-refractivity contribution in [2.75, 3.05) is 33.4 Å². The summed E-state index contributed by atoms with van der Waals surface area (Å²) < 4.78 is 11.0. The van der Waals surface area contributed by atoms with Gasteiger partial charge in [-0.25, -0.2) is 4.79 Å². The molecule has 1 heterocycles. The maximum absolute atomic E-state index is 13.5. The minimum Gasteiger partial charge on any atom is -0.481 e. The number of carboxylic acid groups (broad SMARTS) is 1. The zero-order valence-electron chi connectivity index (χ0n) is 20.2. The second-order valence-electron chi connectivity index (χ2n) is 9.25. The number of benzene rings is 2. The van der Waals surface area contributed by atoms with Gasteiger partial charge in [-0.2, -0.15) is 0 Å². The summed E-state index contributed by atoms with van der Waals surface area (Å²) in [5.74, 6) is -1.97. The van der Waals surface area contributed by atoms with Crippen LogP contribution in [0.25, 0.3) is 11.1 Å². The number of hydrogen-bond acceptors (Lipinski definition) is 5. The van der Waals surface area contributed by atoms with Gasteiger partial charge in [-0.15, -0.1) is 0 Å². The Morgan fingerprint density at radius 1 is 1.09 bits per heavy atom. The van der Waals surface area contributed by atoms with E-state index in [1.165, 1.54) is 12.0 Å². The van der Waals surface area contributed by atoms with E-state index in [1.54, 1.807) is 6.92 Å². The number of methoxy groups -OCH3 is 1. The number of likely N-dealkylation sites (tertiary alicyclic amines) is 1. The van der Waals surface area contributed by atoms with Gasteiger partial charge in [0.05, 0.1) is 12.5 Å². The third-order valence-electron chi connectivity index (χ3n) is 7.15. The van der Waals surface area contributed by atoms with Crippen LogP contribution in [0.15, 0.2) is 48.5 Å². The van der Waals surface area contributed by atoms with E-state index in [0.29, 0.717) is 19.4 Å². The Bertz CT molecular complexity index is 1060. The van der Waals surface area contributed by atoms with Gasteiger partial charge in [0, 0.05) is 26.1 Å². The van der Waals surface area contributed by atoms with Crippen LogP contribution < -0.4 is 5.32 Å². The van der Waals surface area contributed by atoms with Crippen molar-refractivity contribution in [3.63, 3.8) is 0 Å². The fourth-order valence-electron chi connectivity index (χ4n) is 5.24. The van der Waals surface area contributed by atoms with E-state index in [0.717, 1.165) is 22.3 Å². The molecular formula is C27H32N2O6. The van der Waals surface area contributed by atoms with E-state index in [4.69, 9.17) is 9.47 Å². The van der Waals surface area contributed by atoms with E-state index < -0.39 is 23.5 Å². The largest absolute Gasteiger partial charge is 0.481 e. The Hall–Kier alpha value is -3.39. The summed E-state index contributed by atoms with van der Waals surface area (Å²) in [6.07, 6.45) is 0.701. The normalized spacial score (nSPS) is 18.8. The maximum atomic E-state index is 13.5. The number of rotatable bonds is 8. The molecular weight excluding hydrogens is 448 g/mol. The molecule has 2 atom stereocenters. The number of ether oxygens (including phenoxy) is 2. The molecule has 1 saturated heterocycles. The molecule has 1 aliphatic heterocycles. The van der Waals surface area contributed by atoms with Gasteiger partial charge in [0.1, 0.15) is 12.1 Å². The SMILES string of the molecule is CCC(COC)(NC(=O)OCC1c2ccccc2-c2ccccc21)C(=O)N1CCCC(C(=O)O)C1. The lowest BCUT2D eigenvalue weighted by Crippen LogP contribution is -2.63. The molecule has 4 rings (SSSR count). The molecule has 1 aliphatic carbocycles. The number of aliphatic carboxylic acids is 1. The van der Waals surface area contributed by atoms with Gasteiger partial charge in [-0.3, -0.25) is 9.59 Å². The number of nitrogens with zero attached hydrogens (tertiary/aromatic N) is 1. The maximum Gasteiger partial charge on any atom is 0.408 e. The predicted molar refractivity (Wildman–Crippen MR) is 130 cm³/mol. The zero-order valence-corrected chi connectivity index (χ0v) is 20.2. The first-order chi connectivity index (χ1) is 16.9. The summed E-state index contributed by atoms with van der Waals surface area (Å²) in [4.78, 5) is 39.5. The highest BCUT2D eigenvalue weighted by molar-refractivity contribution is 5.90. The van der Waals surface area contributed by atoms with Crippen molar-refractivity contribution >= 4 is 18.0 Å². The molecule has 0 aromatic heterocycles. The Labute approximate surface area is 205 Å². The van der Waals surface area contributed by atoms with Crippen molar-refractivity contribution < 1.29 is 29.0 Å². The number of alkyl carbamates (subject to hydrolysis) is 1. The monoisotopic (exact) mass is 480 g/mol. The first-order valence-corrected chi connectivity index (χ1v) is 12.0. The summed E-state index contributed by atoms with van der Waals surface area (Å²) in [6, 6.07) is 16.1. The summed E-state index contributed by atoms with van der Waals surface area (Å²) in [5, 5.41) is 12.2. The topological polar surface area (TPSA) is 105 Å². The quantitative estimate of drug-likeness (QED) is 0.598. The third-order valence-corrected chi connectivity index (χ3v) is 7.15. The van der Waals surface area contributed by atoms with Crippen LogP contribution in [-0.2, 0) is 19.1 Å². The standard InChI is InChI=1S/C27H32N2O6/c1-3-27(17-34-2,25(32)29-14-8-9-18(15-29)24(30)31)28-26(33)35-16-23-21-12-6-4-10-19(21)20-11-5-7-13-22(20)23/h4-7,10-13,18,23H,3,8-9,14-17H2,1-2H3,(H,28,33)(H,30,31). The fourth-order valence-corrected chi connectivity index (χ4v) is 5.24. The molecule has 2 N–H and O–H groups in total. The van der Waals surface area contributed by atoms with Crippen molar-refractivity contribution in [1.82, 2.24) is 10.2 Å². The van der Waals surface area contributed by atoms with Crippen molar-refractivity contribution in [3.8, 4) is 11.1 Å². The molecule has 35 heavy (non-hydrogen) atoms. The van der Waals surface area contributed by atoms with Gasteiger partial charge < -0.3 is 24.8 Å². The second kappa shape index (κ2) is 10.5. The smallest absolute Gasteiger partial charge is 0.408 e. The highest BCUT2D eigenvalue weighted by atomic mass is 16.5. The molecule has 186 valence electrons. The van der Waals surface area contributed by atoms with Crippen LogP contribution in [-0.4, -0.2) is 66.9 Å². The molecule has 1 fully saturated rings. The summed E-state index contributed by atoms with van der Waals surface area (Å²) >= 11 is 0. The number of nitrogens with one attached hydrogen (secondary N) is 1. The van der Waals surface area contributed by atoms with E-state index in [9.17, 15) is 19.5 Å². The first kappa shape index (κ1) is 24.7. The molecule has 2 aromatic carbocycles. The average molecular weight is 481 g/mol. The Morgan fingerprint density at radius 3 is 2.29 bits per heavy atom. The second-order valence-corrected chi connectivity index (χ2v) is 9.25. The van der Waals surface area contributed by atoms with Crippen LogP contribution in [0.4, 0.5) is 4.79 Å². The average Bonchev–Trinajstić information content (AvgIpc) is 3.20. The highest BCUT2D eigenvalue weighted by Crippen LogP contribution is 2.44. The number of carboxylic acids is 1. The van der Waals surface area contributed by atoms with Crippen molar-refractivity contribution in [1.29, 1.82) is 0 Å². The molecule has 8 nitrogen and oxygen atoms in total. The summed E-state index contributed by atoms with van der Waals surface area (Å²) in [7, 11) is 1.47. The number of amides is 2. The summed E-state index contributed by atoms with van der Waals surface area (Å²) in [5.41, 5.74) is 3.13. The molecule has 0 spiro atoms. The van der Waals surface area contributed by atoms with Crippen molar-refractivity contribution in [2.24, 2.45) is 5.92 Å². The molecule has 2 aromatic rings. The van der Waals surface area contributed by atoms with Gasteiger partial charge in [0.15, 0.2) is 0 Å². The first-order valence-electron chi connectivity index (χ1n) is 12.0. The Morgan fingerprint density at radius 2 is 1.71 bits per heavy atom. The minimum absolute atomic E-state index is 0.0409. The third kappa shape index (κ3) is 4.89.